The molecular weight excluding hydrogens is 338 g/mol. The maximum absolute atomic E-state index is 12.0. The van der Waals surface area contributed by atoms with Gasteiger partial charge >= 0.3 is 35.5 Å². The zero-order valence-electron chi connectivity index (χ0n) is 12.3. The largest absolute Gasteiger partial charge is 1.00 e. The molecule has 1 aliphatic carbocycles. The van der Waals surface area contributed by atoms with Gasteiger partial charge in [-0.2, -0.15) is 0 Å². The molecule has 0 saturated carbocycles. The number of esters is 1. The third-order valence-electron chi connectivity index (χ3n) is 3.35. The van der Waals surface area contributed by atoms with E-state index >= 15 is 0 Å². The summed E-state index contributed by atoms with van der Waals surface area (Å²) in [6, 6.07) is 4.82. The first-order valence-corrected chi connectivity index (χ1v) is 7.22. The zero-order valence-corrected chi connectivity index (χ0v) is 15.8. The van der Waals surface area contributed by atoms with Crippen LogP contribution in [0.25, 0.3) is 0 Å². The summed E-state index contributed by atoms with van der Waals surface area (Å²) in [5, 5.41) is 12.7. The second-order valence-corrected chi connectivity index (χ2v) is 5.54. The maximum atomic E-state index is 12.0. The Labute approximate surface area is 160 Å². The number of hydrogen-bond donors (Lipinski definition) is 0. The Kier molecular flexibility index (Phi) is 7.42. The number of rotatable bonds is 3. The number of ketones is 1. The van der Waals surface area contributed by atoms with Crippen LogP contribution in [-0.2, 0) is 14.3 Å². The SMILES string of the molecule is CCOC(=O)C1C([O-])=CC(=O)CC1c1ccc(Cl)c(Cl)c1.[Na+]. The van der Waals surface area contributed by atoms with E-state index < -0.39 is 23.6 Å². The van der Waals surface area contributed by atoms with Crippen molar-refractivity contribution in [3.05, 3.63) is 45.6 Å². The summed E-state index contributed by atoms with van der Waals surface area (Å²) in [7, 11) is 0. The predicted octanol–water partition coefficient (Wildman–Crippen LogP) is -0.523. The van der Waals surface area contributed by atoms with Crippen LogP contribution >= 0.6 is 23.2 Å². The minimum absolute atomic E-state index is 0. The van der Waals surface area contributed by atoms with E-state index in [-0.39, 0.29) is 48.4 Å². The van der Waals surface area contributed by atoms with Crippen LogP contribution < -0.4 is 34.7 Å². The molecule has 2 atom stereocenters. The maximum Gasteiger partial charge on any atom is 1.00 e. The van der Waals surface area contributed by atoms with Gasteiger partial charge in [0.1, 0.15) is 0 Å². The molecule has 0 fully saturated rings. The first kappa shape index (κ1) is 19.5. The van der Waals surface area contributed by atoms with Crippen LogP contribution in [0.5, 0.6) is 0 Å². The molecule has 0 aliphatic heterocycles. The van der Waals surface area contributed by atoms with Crippen molar-refractivity contribution in [2.24, 2.45) is 5.92 Å². The Morgan fingerprint density at radius 2 is 2.05 bits per heavy atom. The van der Waals surface area contributed by atoms with E-state index in [1.807, 2.05) is 0 Å². The average molecular weight is 351 g/mol. The van der Waals surface area contributed by atoms with E-state index in [0.717, 1.165) is 6.08 Å². The molecule has 0 amide bonds. The Balaban J connectivity index is 0.00000242. The summed E-state index contributed by atoms with van der Waals surface area (Å²) in [5.41, 5.74) is 0.622. The smallest absolute Gasteiger partial charge is 0.875 e. The number of benzene rings is 1. The van der Waals surface area contributed by atoms with Crippen molar-refractivity contribution in [3.8, 4) is 0 Å². The van der Waals surface area contributed by atoms with E-state index in [9.17, 15) is 14.7 Å². The van der Waals surface area contributed by atoms with Gasteiger partial charge in [0.25, 0.3) is 0 Å². The van der Waals surface area contributed by atoms with Crippen molar-refractivity contribution in [1.82, 2.24) is 0 Å². The minimum Gasteiger partial charge on any atom is -0.875 e. The van der Waals surface area contributed by atoms with Crippen LogP contribution in [-0.4, -0.2) is 18.4 Å². The van der Waals surface area contributed by atoms with Gasteiger partial charge in [-0.3, -0.25) is 9.59 Å². The number of carbonyl (C=O) groups is 2. The van der Waals surface area contributed by atoms with Crippen LogP contribution in [0.2, 0.25) is 10.0 Å². The third kappa shape index (κ3) is 4.27. The molecule has 7 heteroatoms. The fraction of sp³-hybridized carbons (Fsp3) is 0.333. The standard InChI is InChI=1S/C15H14Cl2O4.Na/c1-2-21-15(20)14-10(6-9(18)7-13(14)19)8-3-4-11(16)12(17)5-8;/h3-5,7,10,14,19H,2,6H2,1H3;/q;+1/p-1. The monoisotopic (exact) mass is 350 g/mol. The van der Waals surface area contributed by atoms with E-state index in [0.29, 0.717) is 15.6 Å². The molecular formula is C15H13Cl2NaO4. The molecule has 0 bridgehead atoms. The average Bonchev–Trinajstić information content (AvgIpc) is 2.41. The van der Waals surface area contributed by atoms with Gasteiger partial charge in [0.2, 0.25) is 0 Å². The normalized spacial score (nSPS) is 20.9. The fourth-order valence-corrected chi connectivity index (χ4v) is 2.71. The summed E-state index contributed by atoms with van der Waals surface area (Å²) in [4.78, 5) is 23.7. The van der Waals surface area contributed by atoms with E-state index in [4.69, 9.17) is 27.9 Å². The van der Waals surface area contributed by atoms with Gasteiger partial charge in [-0.1, -0.05) is 29.3 Å². The van der Waals surface area contributed by atoms with Crippen LogP contribution in [0, 0.1) is 5.92 Å². The van der Waals surface area contributed by atoms with Gasteiger partial charge in [-0.25, -0.2) is 0 Å². The van der Waals surface area contributed by atoms with E-state index in [1.165, 1.54) is 0 Å². The molecule has 2 unspecified atom stereocenters. The van der Waals surface area contributed by atoms with Crippen molar-refractivity contribution in [1.29, 1.82) is 0 Å². The molecule has 0 saturated heterocycles. The molecule has 22 heavy (non-hydrogen) atoms. The Hall–Kier alpha value is -0.520. The molecule has 0 N–H and O–H groups in total. The van der Waals surface area contributed by atoms with Gasteiger partial charge in [-0.05, 0) is 30.7 Å². The molecule has 0 radical (unpaired) electrons. The van der Waals surface area contributed by atoms with Gasteiger partial charge in [0.15, 0.2) is 5.78 Å². The Morgan fingerprint density at radius 1 is 1.36 bits per heavy atom. The van der Waals surface area contributed by atoms with Crippen molar-refractivity contribution in [2.75, 3.05) is 6.61 Å². The minimum atomic E-state index is -1.01. The Morgan fingerprint density at radius 3 is 2.64 bits per heavy atom. The van der Waals surface area contributed by atoms with Gasteiger partial charge < -0.3 is 9.84 Å². The van der Waals surface area contributed by atoms with E-state index in [2.05, 4.69) is 0 Å². The van der Waals surface area contributed by atoms with Crippen LogP contribution in [0.1, 0.15) is 24.8 Å². The summed E-state index contributed by atoms with van der Waals surface area (Å²) in [5.74, 6) is -3.05. The third-order valence-corrected chi connectivity index (χ3v) is 4.08. The van der Waals surface area contributed by atoms with Gasteiger partial charge in [-0.15, -0.1) is 5.76 Å². The molecule has 2 rings (SSSR count). The molecule has 1 aromatic rings. The van der Waals surface area contributed by atoms with E-state index in [1.54, 1.807) is 25.1 Å². The topological polar surface area (TPSA) is 66.4 Å². The second-order valence-electron chi connectivity index (χ2n) is 4.73. The number of halogens is 2. The quantitative estimate of drug-likeness (QED) is 0.543. The zero-order chi connectivity index (χ0) is 15.6. The summed E-state index contributed by atoms with van der Waals surface area (Å²) >= 11 is 11.8. The summed E-state index contributed by atoms with van der Waals surface area (Å²) in [6.07, 6.45) is 1.03. The molecule has 1 aromatic carbocycles. The molecule has 4 nitrogen and oxygen atoms in total. The molecule has 1 aliphatic rings. The van der Waals surface area contributed by atoms with Crippen molar-refractivity contribution in [3.63, 3.8) is 0 Å². The van der Waals surface area contributed by atoms with Crippen molar-refractivity contribution in [2.45, 2.75) is 19.3 Å². The number of hydrogen-bond acceptors (Lipinski definition) is 4. The van der Waals surface area contributed by atoms with Crippen molar-refractivity contribution >= 4 is 35.0 Å². The van der Waals surface area contributed by atoms with Crippen LogP contribution in [0.15, 0.2) is 30.0 Å². The number of allylic oxidation sites excluding steroid dienone is 1. The number of ether oxygens (including phenoxy) is 1. The van der Waals surface area contributed by atoms with Gasteiger partial charge in [0.05, 0.1) is 22.6 Å². The fourth-order valence-electron chi connectivity index (χ4n) is 2.41. The van der Waals surface area contributed by atoms with Crippen LogP contribution in [0.4, 0.5) is 0 Å². The summed E-state index contributed by atoms with van der Waals surface area (Å²) < 4.78 is 4.94. The second kappa shape index (κ2) is 8.37. The Bertz CT molecular complexity index is 616. The summed E-state index contributed by atoms with van der Waals surface area (Å²) in [6.45, 7) is 1.83. The molecule has 0 aromatic heterocycles. The molecule has 112 valence electrons. The van der Waals surface area contributed by atoms with Gasteiger partial charge in [0, 0.05) is 12.3 Å². The van der Waals surface area contributed by atoms with Crippen molar-refractivity contribution < 1.29 is 49.0 Å². The van der Waals surface area contributed by atoms with Crippen LogP contribution in [0.3, 0.4) is 0 Å². The number of carbonyl (C=O) groups excluding carboxylic acids is 2. The molecule has 0 heterocycles. The predicted molar refractivity (Wildman–Crippen MR) is 77.0 cm³/mol. The first-order chi connectivity index (χ1) is 9.93. The molecule has 0 spiro atoms. The first-order valence-electron chi connectivity index (χ1n) is 6.47.